The highest BCUT2D eigenvalue weighted by molar-refractivity contribution is 6.08. The van der Waals surface area contributed by atoms with Crippen LogP contribution in [-0.4, -0.2) is 20.1 Å². The van der Waals surface area contributed by atoms with E-state index in [4.69, 9.17) is 13.9 Å². The first-order chi connectivity index (χ1) is 13.6. The maximum absolute atomic E-state index is 12.8. The number of fused-ring (bicyclic) bond motifs is 3. The average molecular weight is 375 g/mol. The molecule has 1 heterocycles. The van der Waals surface area contributed by atoms with Gasteiger partial charge in [-0.25, -0.2) is 0 Å². The highest BCUT2D eigenvalue weighted by Gasteiger charge is 2.18. The van der Waals surface area contributed by atoms with Crippen LogP contribution in [0.25, 0.3) is 21.7 Å². The van der Waals surface area contributed by atoms with Crippen LogP contribution in [0.4, 0.5) is 0 Å². The SMILES string of the molecule is COc1ccc([C@H](C)NC(=O)c2cc3c(ccc4ccccc43)o2)cc1OC. The van der Waals surface area contributed by atoms with Crippen molar-refractivity contribution in [3.05, 3.63) is 72.0 Å². The zero-order chi connectivity index (χ0) is 19.7. The molecule has 0 radical (unpaired) electrons. The third kappa shape index (κ3) is 3.16. The number of carbonyl (C=O) groups is 1. The van der Waals surface area contributed by atoms with Crippen molar-refractivity contribution in [1.82, 2.24) is 5.32 Å². The van der Waals surface area contributed by atoms with Gasteiger partial charge in [0.2, 0.25) is 0 Å². The van der Waals surface area contributed by atoms with Gasteiger partial charge in [-0.3, -0.25) is 4.79 Å². The molecule has 1 amide bonds. The first-order valence-corrected chi connectivity index (χ1v) is 9.05. The van der Waals surface area contributed by atoms with Crippen LogP contribution in [0.2, 0.25) is 0 Å². The lowest BCUT2D eigenvalue weighted by molar-refractivity contribution is 0.0914. The summed E-state index contributed by atoms with van der Waals surface area (Å²) >= 11 is 0. The Kier molecular flexibility index (Phi) is 4.65. The van der Waals surface area contributed by atoms with E-state index >= 15 is 0 Å². The van der Waals surface area contributed by atoms with Crippen molar-refractivity contribution in [2.75, 3.05) is 14.2 Å². The van der Waals surface area contributed by atoms with Crippen molar-refractivity contribution < 1.29 is 18.7 Å². The van der Waals surface area contributed by atoms with E-state index in [0.29, 0.717) is 22.8 Å². The first kappa shape index (κ1) is 17.9. The molecule has 1 aromatic heterocycles. The molecule has 3 aromatic carbocycles. The van der Waals surface area contributed by atoms with Crippen LogP contribution in [0.5, 0.6) is 11.5 Å². The molecule has 5 nitrogen and oxygen atoms in total. The fourth-order valence-electron chi connectivity index (χ4n) is 3.38. The van der Waals surface area contributed by atoms with Crippen molar-refractivity contribution in [2.24, 2.45) is 0 Å². The minimum absolute atomic E-state index is 0.225. The van der Waals surface area contributed by atoms with Gasteiger partial charge in [0, 0.05) is 5.39 Å². The van der Waals surface area contributed by atoms with Crippen molar-refractivity contribution >= 4 is 27.6 Å². The molecular formula is C23H21NO4. The number of furan rings is 1. The molecule has 0 bridgehead atoms. The molecule has 0 spiro atoms. The summed E-state index contributed by atoms with van der Waals surface area (Å²) in [5.74, 6) is 1.30. The molecule has 0 fully saturated rings. The molecule has 0 aliphatic carbocycles. The predicted molar refractivity (Wildman–Crippen MR) is 109 cm³/mol. The molecule has 1 atom stereocenters. The summed E-state index contributed by atoms with van der Waals surface area (Å²) in [6, 6.07) is 19.1. The number of nitrogens with one attached hydrogen (secondary N) is 1. The number of carbonyl (C=O) groups excluding carboxylic acids is 1. The number of ether oxygens (including phenoxy) is 2. The predicted octanol–water partition coefficient (Wildman–Crippen LogP) is 5.09. The fraction of sp³-hybridized carbons (Fsp3) is 0.174. The molecule has 0 aliphatic heterocycles. The molecule has 0 aliphatic rings. The fourth-order valence-corrected chi connectivity index (χ4v) is 3.38. The summed E-state index contributed by atoms with van der Waals surface area (Å²) in [4.78, 5) is 12.8. The van der Waals surface area contributed by atoms with Crippen LogP contribution in [0.1, 0.15) is 29.1 Å². The molecule has 28 heavy (non-hydrogen) atoms. The Labute approximate surface area is 162 Å². The molecule has 4 aromatic rings. The van der Waals surface area contributed by atoms with Crippen LogP contribution in [-0.2, 0) is 0 Å². The summed E-state index contributed by atoms with van der Waals surface area (Å²) in [7, 11) is 3.18. The lowest BCUT2D eigenvalue weighted by atomic mass is 10.1. The van der Waals surface area contributed by atoms with Gasteiger partial charge in [-0.15, -0.1) is 0 Å². The van der Waals surface area contributed by atoms with Gasteiger partial charge in [0.1, 0.15) is 5.58 Å². The van der Waals surface area contributed by atoms with Crippen LogP contribution in [0.3, 0.4) is 0 Å². The Morgan fingerprint density at radius 1 is 0.929 bits per heavy atom. The summed E-state index contributed by atoms with van der Waals surface area (Å²) in [5.41, 5.74) is 1.61. The average Bonchev–Trinajstić information content (AvgIpc) is 3.18. The molecule has 0 saturated heterocycles. The van der Waals surface area contributed by atoms with E-state index < -0.39 is 0 Å². The van der Waals surface area contributed by atoms with Gasteiger partial charge in [-0.2, -0.15) is 0 Å². The van der Waals surface area contributed by atoms with Gasteiger partial charge < -0.3 is 19.2 Å². The van der Waals surface area contributed by atoms with Crippen molar-refractivity contribution in [2.45, 2.75) is 13.0 Å². The van der Waals surface area contributed by atoms with E-state index in [2.05, 4.69) is 5.32 Å². The van der Waals surface area contributed by atoms with Crippen molar-refractivity contribution in [1.29, 1.82) is 0 Å². The summed E-state index contributed by atoms with van der Waals surface area (Å²) < 4.78 is 16.4. The molecular weight excluding hydrogens is 354 g/mol. The van der Waals surface area contributed by atoms with Crippen LogP contribution >= 0.6 is 0 Å². The second-order valence-electron chi connectivity index (χ2n) is 6.62. The third-order valence-electron chi connectivity index (χ3n) is 4.91. The number of hydrogen-bond acceptors (Lipinski definition) is 4. The number of hydrogen-bond donors (Lipinski definition) is 1. The number of rotatable bonds is 5. The highest BCUT2D eigenvalue weighted by atomic mass is 16.5. The zero-order valence-electron chi connectivity index (χ0n) is 16.0. The largest absolute Gasteiger partial charge is 0.493 e. The Balaban J connectivity index is 1.60. The Bertz CT molecular complexity index is 1160. The summed E-state index contributed by atoms with van der Waals surface area (Å²) in [6.07, 6.45) is 0. The van der Waals surface area contributed by atoms with Crippen molar-refractivity contribution in [3.63, 3.8) is 0 Å². The minimum Gasteiger partial charge on any atom is -0.493 e. The molecule has 1 N–H and O–H groups in total. The molecule has 0 unspecified atom stereocenters. The second-order valence-corrected chi connectivity index (χ2v) is 6.62. The van der Waals surface area contributed by atoms with Crippen LogP contribution in [0, 0.1) is 0 Å². The smallest absolute Gasteiger partial charge is 0.287 e. The van der Waals surface area contributed by atoms with Crippen LogP contribution < -0.4 is 14.8 Å². The number of benzene rings is 3. The minimum atomic E-state index is -0.262. The number of methoxy groups -OCH3 is 2. The number of amides is 1. The molecule has 0 saturated carbocycles. The van der Waals surface area contributed by atoms with Gasteiger partial charge in [0.25, 0.3) is 5.91 Å². The van der Waals surface area contributed by atoms with Gasteiger partial charge >= 0.3 is 0 Å². The third-order valence-corrected chi connectivity index (χ3v) is 4.91. The van der Waals surface area contributed by atoms with Gasteiger partial charge in [-0.05, 0) is 47.5 Å². The lowest BCUT2D eigenvalue weighted by Crippen LogP contribution is -2.26. The molecule has 142 valence electrons. The normalized spacial score (nSPS) is 12.1. The zero-order valence-corrected chi connectivity index (χ0v) is 16.0. The Morgan fingerprint density at radius 3 is 2.50 bits per heavy atom. The van der Waals surface area contributed by atoms with Gasteiger partial charge in [0.05, 0.1) is 20.3 Å². The standard InChI is InChI=1S/C23H21NO4/c1-14(16-9-11-20(26-2)21(12-16)27-3)24-23(25)22-13-18-17-7-5-4-6-15(17)8-10-19(18)28-22/h4-14H,1-3H3,(H,24,25)/t14-/m0/s1. The van der Waals surface area contributed by atoms with E-state index in [1.807, 2.05) is 61.5 Å². The van der Waals surface area contributed by atoms with E-state index in [1.54, 1.807) is 20.3 Å². The maximum atomic E-state index is 12.8. The lowest BCUT2D eigenvalue weighted by Gasteiger charge is -2.16. The molecule has 4 rings (SSSR count). The Hall–Kier alpha value is -3.47. The quantitative estimate of drug-likeness (QED) is 0.527. The van der Waals surface area contributed by atoms with Crippen molar-refractivity contribution in [3.8, 4) is 11.5 Å². The van der Waals surface area contributed by atoms with E-state index in [9.17, 15) is 4.79 Å². The first-order valence-electron chi connectivity index (χ1n) is 9.05. The highest BCUT2D eigenvalue weighted by Crippen LogP contribution is 2.31. The van der Waals surface area contributed by atoms with E-state index in [-0.39, 0.29) is 11.9 Å². The van der Waals surface area contributed by atoms with Gasteiger partial charge in [0.15, 0.2) is 17.3 Å². The van der Waals surface area contributed by atoms with E-state index in [0.717, 1.165) is 21.7 Å². The van der Waals surface area contributed by atoms with E-state index in [1.165, 1.54) is 0 Å². The monoisotopic (exact) mass is 375 g/mol. The maximum Gasteiger partial charge on any atom is 0.287 e. The van der Waals surface area contributed by atoms with Gasteiger partial charge in [-0.1, -0.05) is 36.4 Å². The summed E-state index contributed by atoms with van der Waals surface area (Å²) in [5, 5.41) is 6.09. The van der Waals surface area contributed by atoms with Crippen LogP contribution in [0.15, 0.2) is 65.1 Å². The Morgan fingerprint density at radius 2 is 1.71 bits per heavy atom. The topological polar surface area (TPSA) is 60.7 Å². The molecule has 5 heteroatoms. The summed E-state index contributed by atoms with van der Waals surface area (Å²) in [6.45, 7) is 1.91. The second kappa shape index (κ2) is 7.27.